The van der Waals surface area contributed by atoms with Crippen LogP contribution in [0.15, 0.2) is 76.4 Å². The molecule has 0 saturated heterocycles. The molecule has 5 nitrogen and oxygen atoms in total. The van der Waals surface area contributed by atoms with Crippen molar-refractivity contribution in [3.05, 3.63) is 77.0 Å². The number of sulfonamides is 1. The van der Waals surface area contributed by atoms with Gasteiger partial charge in [0.25, 0.3) is 0 Å². The van der Waals surface area contributed by atoms with E-state index in [-0.39, 0.29) is 11.4 Å². The molecule has 0 fully saturated rings. The van der Waals surface area contributed by atoms with Gasteiger partial charge >= 0.3 is 0 Å². The van der Waals surface area contributed by atoms with Crippen LogP contribution >= 0.6 is 15.9 Å². The highest BCUT2D eigenvalue weighted by molar-refractivity contribution is 9.10. The average molecular weight is 406 g/mol. The van der Waals surface area contributed by atoms with Gasteiger partial charge in [0.2, 0.25) is 10.0 Å². The molecule has 0 unspecified atom stereocenters. The number of hydrogen-bond donors (Lipinski definition) is 0. The summed E-state index contributed by atoms with van der Waals surface area (Å²) < 4.78 is 29.0. The van der Waals surface area contributed by atoms with Gasteiger partial charge in [0.1, 0.15) is 0 Å². The highest BCUT2D eigenvalue weighted by atomic mass is 79.9. The maximum atomic E-state index is 12.7. The summed E-state index contributed by atoms with van der Waals surface area (Å²) in [5, 5.41) is 4.30. The van der Waals surface area contributed by atoms with Crippen molar-refractivity contribution in [1.82, 2.24) is 14.1 Å². The van der Waals surface area contributed by atoms with Gasteiger partial charge < -0.3 is 0 Å². The van der Waals surface area contributed by atoms with Crippen LogP contribution in [0.3, 0.4) is 0 Å². The Kier molecular flexibility index (Phi) is 4.84. The van der Waals surface area contributed by atoms with Crippen molar-refractivity contribution >= 4 is 26.0 Å². The molecule has 0 aliphatic heterocycles. The Hall–Kier alpha value is -1.96. The van der Waals surface area contributed by atoms with Crippen LogP contribution in [0.2, 0.25) is 0 Å². The third-order valence-electron chi connectivity index (χ3n) is 3.59. The Morgan fingerprint density at radius 1 is 1.08 bits per heavy atom. The number of benzene rings is 2. The number of aromatic nitrogens is 2. The van der Waals surface area contributed by atoms with E-state index >= 15 is 0 Å². The number of halogens is 1. The monoisotopic (exact) mass is 405 g/mol. The van der Waals surface area contributed by atoms with Crippen molar-refractivity contribution in [2.75, 3.05) is 7.05 Å². The van der Waals surface area contributed by atoms with Gasteiger partial charge in [-0.15, -0.1) is 0 Å². The molecule has 0 aliphatic rings. The zero-order valence-corrected chi connectivity index (χ0v) is 15.4. The zero-order chi connectivity index (χ0) is 17.2. The van der Waals surface area contributed by atoms with E-state index in [1.54, 1.807) is 42.2 Å². The van der Waals surface area contributed by atoms with Crippen molar-refractivity contribution < 1.29 is 8.42 Å². The van der Waals surface area contributed by atoms with E-state index in [9.17, 15) is 8.42 Å². The Bertz CT molecular complexity index is 939. The molecule has 0 N–H and O–H groups in total. The SMILES string of the molecule is CN(Cc1cnn(-c2ccccc2)c1)S(=O)(=O)c1ccccc1Br. The molecule has 24 heavy (non-hydrogen) atoms. The van der Waals surface area contributed by atoms with Crippen LogP contribution in [-0.4, -0.2) is 29.6 Å². The predicted octanol–water partition coefficient (Wildman–Crippen LogP) is 3.46. The van der Waals surface area contributed by atoms with E-state index in [0.717, 1.165) is 11.3 Å². The minimum absolute atomic E-state index is 0.247. The third kappa shape index (κ3) is 3.43. The Morgan fingerprint density at radius 2 is 1.75 bits per heavy atom. The summed E-state index contributed by atoms with van der Waals surface area (Å²) >= 11 is 3.30. The van der Waals surface area contributed by atoms with Gasteiger partial charge in [0, 0.05) is 29.8 Å². The van der Waals surface area contributed by atoms with Crippen LogP contribution in [0, 0.1) is 0 Å². The van der Waals surface area contributed by atoms with Crippen LogP contribution in [0.1, 0.15) is 5.56 Å². The molecule has 1 heterocycles. The average Bonchev–Trinajstić information content (AvgIpc) is 3.04. The summed E-state index contributed by atoms with van der Waals surface area (Å²) in [6, 6.07) is 16.5. The van der Waals surface area contributed by atoms with Crippen molar-refractivity contribution in [2.24, 2.45) is 0 Å². The fourth-order valence-electron chi connectivity index (χ4n) is 2.33. The number of rotatable bonds is 5. The second kappa shape index (κ2) is 6.88. The highest BCUT2D eigenvalue weighted by Crippen LogP contribution is 2.24. The first-order chi connectivity index (χ1) is 11.5. The van der Waals surface area contributed by atoms with Gasteiger partial charge in [-0.05, 0) is 40.2 Å². The van der Waals surface area contributed by atoms with E-state index in [1.165, 1.54) is 4.31 Å². The maximum absolute atomic E-state index is 12.7. The molecular formula is C17H16BrN3O2S. The molecule has 0 aliphatic carbocycles. The molecule has 0 spiro atoms. The number of hydrogen-bond acceptors (Lipinski definition) is 3. The molecule has 0 atom stereocenters. The minimum Gasteiger partial charge on any atom is -0.241 e. The van der Waals surface area contributed by atoms with Crippen LogP contribution in [0.4, 0.5) is 0 Å². The normalized spacial score (nSPS) is 11.8. The van der Waals surface area contributed by atoms with E-state index in [1.807, 2.05) is 36.5 Å². The van der Waals surface area contributed by atoms with Gasteiger partial charge in [-0.3, -0.25) is 0 Å². The lowest BCUT2D eigenvalue weighted by molar-refractivity contribution is 0.466. The predicted molar refractivity (Wildman–Crippen MR) is 96.4 cm³/mol. The lowest BCUT2D eigenvalue weighted by Gasteiger charge is -2.17. The standard InChI is InChI=1S/C17H16BrN3O2S/c1-20(24(22,23)17-10-6-5-9-16(17)18)12-14-11-19-21(13-14)15-7-3-2-4-8-15/h2-11,13H,12H2,1H3. The van der Waals surface area contributed by atoms with Gasteiger partial charge in [-0.25, -0.2) is 13.1 Å². The first-order valence-corrected chi connectivity index (χ1v) is 9.51. The summed E-state index contributed by atoms with van der Waals surface area (Å²) in [6.45, 7) is 0.247. The van der Waals surface area contributed by atoms with E-state index in [0.29, 0.717) is 4.47 Å². The Balaban J connectivity index is 1.82. The number of para-hydroxylation sites is 1. The highest BCUT2D eigenvalue weighted by Gasteiger charge is 2.23. The minimum atomic E-state index is -3.57. The summed E-state index contributed by atoms with van der Waals surface area (Å²) in [6.07, 6.45) is 3.51. The quantitative estimate of drug-likeness (QED) is 0.652. The Morgan fingerprint density at radius 3 is 2.46 bits per heavy atom. The molecule has 7 heteroatoms. The lowest BCUT2D eigenvalue weighted by atomic mass is 10.3. The molecule has 0 bridgehead atoms. The summed E-state index contributed by atoms with van der Waals surface area (Å²) in [5.74, 6) is 0. The van der Waals surface area contributed by atoms with Gasteiger partial charge in [-0.2, -0.15) is 9.40 Å². The van der Waals surface area contributed by atoms with Crippen LogP contribution in [0.5, 0.6) is 0 Å². The lowest BCUT2D eigenvalue weighted by Crippen LogP contribution is -2.26. The molecular weight excluding hydrogens is 390 g/mol. The fourth-order valence-corrected chi connectivity index (χ4v) is 4.45. The number of nitrogens with zero attached hydrogens (tertiary/aromatic N) is 3. The fraction of sp³-hybridized carbons (Fsp3) is 0.118. The van der Waals surface area contributed by atoms with Crippen molar-refractivity contribution in [2.45, 2.75) is 11.4 Å². The summed E-state index contributed by atoms with van der Waals surface area (Å²) in [5.41, 5.74) is 1.75. The molecule has 3 aromatic rings. The Labute approximate surface area is 149 Å². The second-order valence-electron chi connectivity index (χ2n) is 5.32. The topological polar surface area (TPSA) is 55.2 Å². The third-order valence-corrected chi connectivity index (χ3v) is 6.40. The molecule has 0 amide bonds. The van der Waals surface area contributed by atoms with Crippen LogP contribution in [0.25, 0.3) is 5.69 Å². The van der Waals surface area contributed by atoms with E-state index in [2.05, 4.69) is 21.0 Å². The molecule has 0 saturated carbocycles. The summed E-state index contributed by atoms with van der Waals surface area (Å²) in [4.78, 5) is 0.253. The molecule has 3 rings (SSSR count). The smallest absolute Gasteiger partial charge is 0.241 e. The van der Waals surface area contributed by atoms with Crippen LogP contribution < -0.4 is 0 Å². The molecule has 124 valence electrons. The maximum Gasteiger partial charge on any atom is 0.244 e. The molecule has 2 aromatic carbocycles. The molecule has 1 aromatic heterocycles. The van der Waals surface area contributed by atoms with Crippen molar-refractivity contribution in [3.8, 4) is 5.69 Å². The van der Waals surface area contributed by atoms with Gasteiger partial charge in [0.15, 0.2) is 0 Å². The van der Waals surface area contributed by atoms with E-state index < -0.39 is 10.0 Å². The van der Waals surface area contributed by atoms with Crippen LogP contribution in [-0.2, 0) is 16.6 Å². The van der Waals surface area contributed by atoms with Gasteiger partial charge in [0.05, 0.1) is 16.8 Å². The van der Waals surface area contributed by atoms with Gasteiger partial charge in [-0.1, -0.05) is 30.3 Å². The van der Waals surface area contributed by atoms with E-state index in [4.69, 9.17) is 0 Å². The van der Waals surface area contributed by atoms with Crippen molar-refractivity contribution in [1.29, 1.82) is 0 Å². The first kappa shape index (κ1) is 16.9. The largest absolute Gasteiger partial charge is 0.244 e. The first-order valence-electron chi connectivity index (χ1n) is 7.28. The molecule has 0 radical (unpaired) electrons. The van der Waals surface area contributed by atoms with Crippen molar-refractivity contribution in [3.63, 3.8) is 0 Å². The summed E-state index contributed by atoms with van der Waals surface area (Å²) in [7, 11) is -2.01. The zero-order valence-electron chi connectivity index (χ0n) is 13.0. The second-order valence-corrected chi connectivity index (χ2v) is 8.19.